The Hall–Kier alpha value is -1.31. The highest BCUT2D eigenvalue weighted by Gasteiger charge is 2.38. The summed E-state index contributed by atoms with van der Waals surface area (Å²) >= 11 is 1.38. The first kappa shape index (κ1) is 15.7. The van der Waals surface area contributed by atoms with Crippen LogP contribution in [0.1, 0.15) is 42.6 Å². The van der Waals surface area contributed by atoms with Crippen molar-refractivity contribution >= 4 is 17.7 Å². The first-order chi connectivity index (χ1) is 8.50. The smallest absolute Gasteiger partial charge is 0.434 e. The summed E-state index contributed by atoms with van der Waals surface area (Å²) in [5.74, 6) is -1.54. The molecule has 8 heteroatoms. The molecular formula is C11H13F3N2O2S. The molecule has 0 unspecified atom stereocenters. The third-order valence-electron chi connectivity index (χ3n) is 1.97. The number of thioether (sulfide) groups is 1. The summed E-state index contributed by atoms with van der Waals surface area (Å²) in [5.41, 5.74) is -2.34. The first-order valence-electron chi connectivity index (χ1n) is 5.31. The van der Waals surface area contributed by atoms with E-state index in [1.54, 1.807) is 0 Å². The maximum Gasteiger partial charge on any atom is 0.434 e. The monoisotopic (exact) mass is 294 g/mol. The third kappa shape index (κ3) is 4.70. The number of rotatable bonds is 3. The molecule has 1 heterocycles. The second-order valence-corrected chi connectivity index (χ2v) is 6.55. The van der Waals surface area contributed by atoms with Crippen molar-refractivity contribution in [1.29, 1.82) is 0 Å². The van der Waals surface area contributed by atoms with Crippen LogP contribution in [-0.2, 0) is 11.9 Å². The van der Waals surface area contributed by atoms with Gasteiger partial charge in [0, 0.05) is 10.9 Å². The van der Waals surface area contributed by atoms with E-state index in [4.69, 9.17) is 5.11 Å². The largest absolute Gasteiger partial charge is 0.478 e. The molecule has 0 aliphatic carbocycles. The summed E-state index contributed by atoms with van der Waals surface area (Å²) in [5, 5.41) is 8.69. The van der Waals surface area contributed by atoms with Crippen LogP contribution in [0, 0.1) is 0 Å². The molecule has 4 nitrogen and oxygen atoms in total. The summed E-state index contributed by atoms with van der Waals surface area (Å²) < 4.78 is 38.0. The lowest BCUT2D eigenvalue weighted by Gasteiger charge is -2.17. The van der Waals surface area contributed by atoms with Gasteiger partial charge in [-0.15, -0.1) is 11.8 Å². The fourth-order valence-electron chi connectivity index (χ4n) is 1.14. The van der Waals surface area contributed by atoms with Crippen LogP contribution in [0.3, 0.4) is 0 Å². The minimum absolute atomic E-state index is 0.0303. The van der Waals surface area contributed by atoms with Gasteiger partial charge in [-0.25, -0.2) is 14.8 Å². The van der Waals surface area contributed by atoms with Gasteiger partial charge in [0.2, 0.25) is 0 Å². The minimum Gasteiger partial charge on any atom is -0.478 e. The van der Waals surface area contributed by atoms with Crippen LogP contribution in [-0.4, -0.2) is 25.8 Å². The number of hydrogen-bond donors (Lipinski definition) is 1. The molecule has 19 heavy (non-hydrogen) atoms. The van der Waals surface area contributed by atoms with Crippen molar-refractivity contribution in [3.8, 4) is 0 Å². The minimum atomic E-state index is -4.81. The number of aromatic carboxylic acids is 1. The first-order valence-corrected chi connectivity index (χ1v) is 6.29. The second kappa shape index (κ2) is 5.36. The Bertz CT molecular complexity index is 484. The Morgan fingerprint density at radius 1 is 1.37 bits per heavy atom. The Kier molecular flexibility index (Phi) is 4.44. The summed E-state index contributed by atoms with van der Waals surface area (Å²) in [7, 11) is 0. The van der Waals surface area contributed by atoms with Crippen LogP contribution >= 0.6 is 11.8 Å². The van der Waals surface area contributed by atoms with E-state index in [2.05, 4.69) is 9.97 Å². The molecule has 0 radical (unpaired) electrons. The lowest BCUT2D eigenvalue weighted by atomic mass is 10.2. The number of aromatic nitrogens is 2. The van der Waals surface area contributed by atoms with Gasteiger partial charge in [-0.3, -0.25) is 0 Å². The maximum absolute atomic E-state index is 12.7. The average Bonchev–Trinajstić information content (AvgIpc) is 2.23. The Morgan fingerprint density at radius 3 is 2.37 bits per heavy atom. The van der Waals surface area contributed by atoms with Crippen LogP contribution < -0.4 is 0 Å². The molecule has 0 aromatic carbocycles. The molecule has 0 saturated carbocycles. The van der Waals surface area contributed by atoms with E-state index < -0.39 is 23.4 Å². The molecule has 0 aliphatic heterocycles. The Balaban J connectivity index is 3.09. The number of carboxylic acid groups (broad SMARTS) is 1. The zero-order valence-electron chi connectivity index (χ0n) is 10.6. The number of hydrogen-bond acceptors (Lipinski definition) is 4. The van der Waals surface area contributed by atoms with Crippen molar-refractivity contribution in [2.24, 2.45) is 0 Å². The zero-order valence-corrected chi connectivity index (χ0v) is 11.4. The van der Waals surface area contributed by atoms with Crippen LogP contribution in [0.2, 0.25) is 0 Å². The highest BCUT2D eigenvalue weighted by molar-refractivity contribution is 7.99. The molecule has 0 fully saturated rings. The van der Waals surface area contributed by atoms with Crippen molar-refractivity contribution in [3.63, 3.8) is 0 Å². The lowest BCUT2D eigenvalue weighted by molar-refractivity contribution is -0.141. The predicted molar refractivity (Wildman–Crippen MR) is 65.0 cm³/mol. The fraction of sp³-hybridized carbons (Fsp3) is 0.545. The standard InChI is InChI=1S/C11H13F3N2O2S/c1-10(2,3)19-5-7-15-4-6(9(17)18)8(16-7)11(12,13)14/h4H,5H2,1-3H3,(H,17,18). The van der Waals surface area contributed by atoms with E-state index in [1.165, 1.54) is 11.8 Å². The van der Waals surface area contributed by atoms with E-state index >= 15 is 0 Å². The quantitative estimate of drug-likeness (QED) is 0.927. The van der Waals surface area contributed by atoms with Crippen molar-refractivity contribution in [2.75, 3.05) is 0 Å². The predicted octanol–water partition coefficient (Wildman–Crippen LogP) is 3.23. The van der Waals surface area contributed by atoms with Gasteiger partial charge in [-0.1, -0.05) is 20.8 Å². The zero-order chi connectivity index (χ0) is 14.8. The third-order valence-corrected chi connectivity index (χ3v) is 3.24. The molecule has 0 spiro atoms. The van der Waals surface area contributed by atoms with Gasteiger partial charge >= 0.3 is 12.1 Å². The van der Waals surface area contributed by atoms with Gasteiger partial charge in [-0.05, 0) is 0 Å². The molecule has 1 N–H and O–H groups in total. The number of alkyl halides is 3. The van der Waals surface area contributed by atoms with Crippen LogP contribution in [0.25, 0.3) is 0 Å². The number of carboxylic acids is 1. The van der Waals surface area contributed by atoms with Gasteiger partial charge in [-0.2, -0.15) is 13.2 Å². The number of nitrogens with zero attached hydrogens (tertiary/aromatic N) is 2. The molecule has 0 amide bonds. The van der Waals surface area contributed by atoms with Gasteiger partial charge in [0.05, 0.1) is 5.75 Å². The van der Waals surface area contributed by atoms with Crippen LogP contribution in [0.5, 0.6) is 0 Å². The van der Waals surface area contributed by atoms with E-state index in [9.17, 15) is 18.0 Å². The van der Waals surface area contributed by atoms with E-state index in [1.807, 2.05) is 20.8 Å². The normalized spacial score (nSPS) is 12.5. The van der Waals surface area contributed by atoms with Gasteiger partial charge < -0.3 is 5.11 Å². The van der Waals surface area contributed by atoms with Gasteiger partial charge in [0.25, 0.3) is 0 Å². The van der Waals surface area contributed by atoms with E-state index in [-0.39, 0.29) is 16.3 Å². The van der Waals surface area contributed by atoms with Gasteiger partial charge in [0.15, 0.2) is 5.69 Å². The number of halogens is 3. The Morgan fingerprint density at radius 2 is 1.95 bits per heavy atom. The van der Waals surface area contributed by atoms with Crippen molar-refractivity contribution in [1.82, 2.24) is 9.97 Å². The number of carbonyl (C=O) groups is 1. The SMILES string of the molecule is CC(C)(C)SCc1ncc(C(=O)O)c(C(F)(F)F)n1. The lowest BCUT2D eigenvalue weighted by Crippen LogP contribution is -2.18. The topological polar surface area (TPSA) is 63.1 Å². The summed E-state index contributed by atoms with van der Waals surface area (Å²) in [6, 6.07) is 0. The summed E-state index contributed by atoms with van der Waals surface area (Å²) in [6.45, 7) is 5.73. The summed E-state index contributed by atoms with van der Waals surface area (Å²) in [6.07, 6.45) is -4.10. The highest BCUT2D eigenvalue weighted by Crippen LogP contribution is 2.31. The Labute approximate surface area is 112 Å². The molecule has 0 atom stereocenters. The molecule has 1 rings (SSSR count). The van der Waals surface area contributed by atoms with Crippen LogP contribution in [0.15, 0.2) is 6.20 Å². The maximum atomic E-state index is 12.7. The molecular weight excluding hydrogens is 281 g/mol. The highest BCUT2D eigenvalue weighted by atomic mass is 32.2. The molecule has 1 aromatic rings. The van der Waals surface area contributed by atoms with Gasteiger partial charge in [0.1, 0.15) is 11.4 Å². The molecule has 0 bridgehead atoms. The van der Waals surface area contributed by atoms with Crippen molar-refractivity contribution in [3.05, 3.63) is 23.3 Å². The van der Waals surface area contributed by atoms with E-state index in [0.29, 0.717) is 6.20 Å². The fourth-order valence-corrected chi connectivity index (χ4v) is 1.84. The molecule has 0 aliphatic rings. The summed E-state index contributed by atoms with van der Waals surface area (Å²) in [4.78, 5) is 17.7. The molecule has 0 saturated heterocycles. The van der Waals surface area contributed by atoms with Crippen molar-refractivity contribution in [2.45, 2.75) is 37.4 Å². The molecule has 106 valence electrons. The van der Waals surface area contributed by atoms with Crippen LogP contribution in [0.4, 0.5) is 13.2 Å². The van der Waals surface area contributed by atoms with E-state index in [0.717, 1.165) is 0 Å². The average molecular weight is 294 g/mol. The molecule has 1 aromatic heterocycles. The second-order valence-electron chi connectivity index (χ2n) is 4.75. The van der Waals surface area contributed by atoms with Crippen molar-refractivity contribution < 1.29 is 23.1 Å².